The molecule has 7 unspecified atom stereocenters. The van der Waals surface area contributed by atoms with Crippen LogP contribution in [0.3, 0.4) is 0 Å². The van der Waals surface area contributed by atoms with Crippen LogP contribution >= 0.6 is 0 Å². The van der Waals surface area contributed by atoms with Crippen molar-refractivity contribution >= 4 is 38.1 Å². The molecular weight excluding hydrogens is 857 g/mol. The van der Waals surface area contributed by atoms with Gasteiger partial charge < -0.3 is 4.40 Å². The Morgan fingerprint density at radius 3 is 1.65 bits per heavy atom. The van der Waals surface area contributed by atoms with Gasteiger partial charge in [0.1, 0.15) is 0 Å². The van der Waals surface area contributed by atoms with Gasteiger partial charge in [-0.05, 0) is 224 Å². The van der Waals surface area contributed by atoms with E-state index in [1.807, 2.05) is 0 Å². The lowest BCUT2D eigenvalue weighted by molar-refractivity contribution is 0.00322. The largest absolute Gasteiger partial charge is 0.308 e. The maximum absolute atomic E-state index is 11.6. The minimum absolute atomic E-state index is 0.456. The summed E-state index contributed by atoms with van der Waals surface area (Å²) >= 11 is 0. The molecule has 71 heavy (non-hydrogen) atoms. The van der Waals surface area contributed by atoms with Crippen molar-refractivity contribution in [1.29, 1.82) is 5.26 Å². The molecule has 2 aromatic heterocycles. The Morgan fingerprint density at radius 2 is 0.986 bits per heavy atom. The number of fused-ring (bicyclic) bond motifs is 23. The fourth-order valence-corrected chi connectivity index (χ4v) is 20.2. The second kappa shape index (κ2) is 12.6. The number of benzene rings is 8. The summed E-state index contributed by atoms with van der Waals surface area (Å²) in [6.45, 7) is 0. The van der Waals surface area contributed by atoms with E-state index in [1.54, 1.807) is 16.7 Å². The van der Waals surface area contributed by atoms with Gasteiger partial charge in [-0.2, -0.15) is 5.26 Å². The molecule has 10 aromatic rings. The molecule has 2 heterocycles. The van der Waals surface area contributed by atoms with Crippen molar-refractivity contribution < 1.29 is 0 Å². The second-order valence-corrected chi connectivity index (χ2v) is 24.5. The summed E-state index contributed by atoms with van der Waals surface area (Å²) in [4.78, 5) is 0. The molecule has 0 saturated heterocycles. The summed E-state index contributed by atoms with van der Waals surface area (Å²) in [6.07, 6.45) is 13.2. The lowest BCUT2D eigenvalue weighted by Gasteiger charge is -2.48. The van der Waals surface area contributed by atoms with E-state index in [1.165, 1.54) is 175 Å². The van der Waals surface area contributed by atoms with Crippen LogP contribution in [0.25, 0.3) is 82.6 Å². The molecular formula is C69H52N2. The van der Waals surface area contributed by atoms with E-state index < -0.39 is 5.41 Å². The van der Waals surface area contributed by atoms with Crippen molar-refractivity contribution in [2.45, 2.75) is 93.3 Å². The van der Waals surface area contributed by atoms with E-state index in [0.717, 1.165) is 29.2 Å². The van der Waals surface area contributed by atoms with E-state index in [4.69, 9.17) is 0 Å². The van der Waals surface area contributed by atoms with Crippen LogP contribution in [0.1, 0.15) is 138 Å². The highest BCUT2D eigenvalue weighted by Crippen LogP contribution is 2.77. The van der Waals surface area contributed by atoms with Crippen molar-refractivity contribution in [3.63, 3.8) is 0 Å². The Hall–Kier alpha value is -6.95. The first-order valence-corrected chi connectivity index (χ1v) is 27.4. The van der Waals surface area contributed by atoms with E-state index in [2.05, 4.69) is 156 Å². The van der Waals surface area contributed by atoms with Gasteiger partial charge in [-0.1, -0.05) is 127 Å². The molecule has 338 valence electrons. The normalized spacial score (nSPS) is 28.7. The molecule has 2 spiro atoms. The molecule has 2 heteroatoms. The Morgan fingerprint density at radius 1 is 0.437 bits per heavy atom. The lowest BCUT2D eigenvalue weighted by Crippen LogP contribution is -2.41. The first-order chi connectivity index (χ1) is 35.1. The van der Waals surface area contributed by atoms with Gasteiger partial charge >= 0.3 is 0 Å². The number of rotatable bonds is 2. The van der Waals surface area contributed by atoms with E-state index in [0.29, 0.717) is 29.1 Å². The van der Waals surface area contributed by atoms with Gasteiger partial charge in [0, 0.05) is 21.5 Å². The summed E-state index contributed by atoms with van der Waals surface area (Å²) < 4.78 is 2.79. The lowest BCUT2D eigenvalue weighted by atomic mass is 9.56. The van der Waals surface area contributed by atoms with Crippen LogP contribution in [0.4, 0.5) is 0 Å². The van der Waals surface area contributed by atoms with Crippen molar-refractivity contribution in [3.05, 3.63) is 196 Å². The smallest absolute Gasteiger partial charge is 0.0995 e. The molecule has 5 fully saturated rings. The van der Waals surface area contributed by atoms with Crippen LogP contribution in [0.5, 0.6) is 0 Å². The molecule has 10 aliphatic rings. The average Bonchev–Trinajstić information content (AvgIpc) is 4.25. The zero-order chi connectivity index (χ0) is 45.8. The summed E-state index contributed by atoms with van der Waals surface area (Å²) in [6, 6.07) is 59.8. The number of nitrogens with zero attached hydrogens (tertiary/aromatic N) is 2. The van der Waals surface area contributed by atoms with Crippen LogP contribution in [-0.2, 0) is 5.41 Å². The Kier molecular flexibility index (Phi) is 6.69. The topological polar surface area (TPSA) is 28.2 Å². The number of nitriles is 1. The van der Waals surface area contributed by atoms with Gasteiger partial charge in [0.25, 0.3) is 0 Å². The molecule has 5 saturated carbocycles. The number of hydrogen-bond acceptors (Lipinski definition) is 1. The third-order valence-electron chi connectivity index (χ3n) is 22.0. The van der Waals surface area contributed by atoms with E-state index >= 15 is 0 Å². The van der Waals surface area contributed by atoms with Crippen molar-refractivity contribution in [2.24, 2.45) is 29.1 Å². The summed E-state index contributed by atoms with van der Waals surface area (Å²) in [5.74, 6) is 5.27. The second-order valence-electron chi connectivity index (χ2n) is 24.5. The Balaban J connectivity index is 1.06. The molecule has 0 amide bonds. The maximum Gasteiger partial charge on any atom is 0.0995 e. The van der Waals surface area contributed by atoms with Crippen LogP contribution in [0.15, 0.2) is 146 Å². The van der Waals surface area contributed by atoms with Crippen molar-refractivity contribution in [3.8, 4) is 50.6 Å². The summed E-state index contributed by atoms with van der Waals surface area (Å²) in [5, 5.41) is 17.5. The van der Waals surface area contributed by atoms with Crippen molar-refractivity contribution in [1.82, 2.24) is 4.40 Å². The highest BCUT2D eigenvalue weighted by atomic mass is 14.9. The molecule has 0 aliphatic heterocycles. The SMILES string of the molecule is N#Cc1cc2c(c3c1C1CC4CC(C1)CC3C4)c1c3c(cc4c5c6c(c(-c7ccccc7-c7ccccc7)cc5n2c41)C1CC2CC4CC6CC24C1)-c1ccccc1C31c2ccccc2-c2ccccc21. The molecule has 7 atom stereocenters. The molecule has 0 N–H and O–H groups in total. The standard InChI is InChI=1S/C69H52N2/c70-35-43-29-57-64(61-40-25-36-22-37(26-40)24-39(23-36)59(43)61)65-66-52(50-18-8-11-21-56(50)69(66)54-19-9-6-16-48(54)49-17-7-10-20-55(49)69)31-53-63-58(71(57)67(53)65)32-51(47-15-5-4-14-46(47)38-12-2-1-3-13-38)60-41-27-44-30-45-28-42(62(60)63)34-68(44,45)33-41/h1-21,29,31-32,36-37,39-42,44-45H,22-28,30,33-34H2. The molecule has 0 radical (unpaired) electrons. The van der Waals surface area contributed by atoms with Gasteiger partial charge in [0.15, 0.2) is 0 Å². The van der Waals surface area contributed by atoms with Gasteiger partial charge in [-0.15, -0.1) is 0 Å². The Bertz CT molecular complexity index is 4100. The zero-order valence-corrected chi connectivity index (χ0v) is 39.9. The van der Waals surface area contributed by atoms with Crippen LogP contribution in [0, 0.1) is 40.4 Å². The highest BCUT2D eigenvalue weighted by Gasteiger charge is 2.66. The van der Waals surface area contributed by atoms with Crippen LogP contribution < -0.4 is 0 Å². The molecule has 2 nitrogen and oxygen atoms in total. The highest BCUT2D eigenvalue weighted by molar-refractivity contribution is 6.29. The predicted molar refractivity (Wildman–Crippen MR) is 287 cm³/mol. The number of aromatic nitrogens is 1. The van der Waals surface area contributed by atoms with E-state index in [-0.39, 0.29) is 0 Å². The predicted octanol–water partition coefficient (Wildman–Crippen LogP) is 17.2. The van der Waals surface area contributed by atoms with Crippen LogP contribution in [-0.4, -0.2) is 4.40 Å². The van der Waals surface area contributed by atoms with Gasteiger partial charge in [0.2, 0.25) is 0 Å². The zero-order valence-electron chi connectivity index (χ0n) is 39.9. The maximum atomic E-state index is 11.6. The molecule has 7 bridgehead atoms. The van der Waals surface area contributed by atoms with Crippen molar-refractivity contribution in [2.75, 3.05) is 0 Å². The van der Waals surface area contributed by atoms with Gasteiger partial charge in [0.05, 0.1) is 33.6 Å². The number of hydrogen-bond donors (Lipinski definition) is 0. The fourth-order valence-electron chi connectivity index (χ4n) is 20.2. The molecule has 10 aliphatic carbocycles. The van der Waals surface area contributed by atoms with E-state index in [9.17, 15) is 5.26 Å². The summed E-state index contributed by atoms with van der Waals surface area (Å²) in [7, 11) is 0. The third-order valence-corrected chi connectivity index (χ3v) is 22.0. The monoisotopic (exact) mass is 908 g/mol. The minimum atomic E-state index is -0.483. The fraction of sp³-hybridized carbons (Fsp3) is 0.290. The Labute approximate surface area is 414 Å². The average molecular weight is 909 g/mol. The first kappa shape index (κ1) is 37.8. The van der Waals surface area contributed by atoms with Gasteiger partial charge in [-0.3, -0.25) is 0 Å². The minimum Gasteiger partial charge on any atom is -0.308 e. The summed E-state index contributed by atoms with van der Waals surface area (Å²) in [5.41, 5.74) is 28.1. The molecule has 20 rings (SSSR count). The quantitative estimate of drug-likeness (QED) is 0.170. The first-order valence-electron chi connectivity index (χ1n) is 27.4. The molecule has 8 aromatic carbocycles. The van der Waals surface area contributed by atoms with Gasteiger partial charge in [-0.25, -0.2) is 0 Å². The third kappa shape index (κ3) is 4.18. The van der Waals surface area contributed by atoms with Crippen LogP contribution in [0.2, 0.25) is 0 Å².